The molecule has 55 heavy (non-hydrogen) atoms. The molecule has 0 bridgehead atoms. The molecule has 2 aliphatic rings. The molecule has 0 aromatic heterocycles. The van der Waals surface area contributed by atoms with E-state index in [1.807, 2.05) is 0 Å². The lowest BCUT2D eigenvalue weighted by Gasteiger charge is -2.46. The van der Waals surface area contributed by atoms with E-state index in [0.717, 1.165) is 39.9 Å². The van der Waals surface area contributed by atoms with Crippen LogP contribution in [0.1, 0.15) is 30.5 Å². The number of hydrogen-bond acceptors (Lipinski definition) is 3. The molecule has 0 aliphatic carbocycles. The van der Waals surface area contributed by atoms with Gasteiger partial charge in [-0.1, -0.05) is 147 Å². The molecule has 8 aromatic carbocycles. The first-order chi connectivity index (χ1) is 27.0. The maximum Gasteiger partial charge on any atom is 0.151 e. The largest absolute Gasteiger partial charge is 0.453 e. The molecule has 10 rings (SSSR count). The van der Waals surface area contributed by atoms with Gasteiger partial charge in [0, 0.05) is 22.5 Å². The van der Waals surface area contributed by atoms with Crippen LogP contribution in [0, 0.1) is 6.92 Å². The average molecular weight is 709 g/mol. The van der Waals surface area contributed by atoms with Crippen molar-refractivity contribution in [1.29, 1.82) is 0 Å². The number of rotatable bonds is 6. The van der Waals surface area contributed by atoms with Crippen molar-refractivity contribution >= 4 is 34.1 Å². The van der Waals surface area contributed by atoms with Crippen molar-refractivity contribution in [3.8, 4) is 44.9 Å². The highest BCUT2D eigenvalue weighted by molar-refractivity contribution is 5.97. The molecule has 2 aliphatic heterocycles. The van der Waals surface area contributed by atoms with E-state index in [2.05, 4.69) is 219 Å². The van der Waals surface area contributed by atoms with Gasteiger partial charge in [0.05, 0.1) is 17.1 Å². The van der Waals surface area contributed by atoms with E-state index >= 15 is 0 Å². The zero-order chi connectivity index (χ0) is 37.1. The van der Waals surface area contributed by atoms with Gasteiger partial charge in [-0.15, -0.1) is 0 Å². The van der Waals surface area contributed by atoms with Gasteiger partial charge in [0.15, 0.2) is 11.5 Å². The molecule has 264 valence electrons. The maximum atomic E-state index is 6.57. The van der Waals surface area contributed by atoms with Gasteiger partial charge in [0.25, 0.3) is 0 Å². The number of nitrogens with zero attached hydrogens (tertiary/aromatic N) is 2. The fraction of sp³-hybridized carbons (Fsp3) is 0.0769. The molecule has 0 saturated carbocycles. The van der Waals surface area contributed by atoms with Crippen LogP contribution in [0.2, 0.25) is 0 Å². The second-order valence-corrected chi connectivity index (χ2v) is 15.0. The standard InChI is InChI=1S/C52H40N2O/c1-35-14-10-24-47-50(35)54-46-23-12-21-44(49(46)52(2,3)45-22-13-25-48(55-47)51(45)54)40-19-11-20-43(34-40)53(41-30-26-38(27-31-41)36-15-6-4-7-16-36)42-32-28-39(29-33-42)37-17-8-5-9-18-37/h4-34H,1-3H3. The fourth-order valence-corrected chi connectivity index (χ4v) is 8.70. The Morgan fingerprint density at radius 1 is 0.455 bits per heavy atom. The van der Waals surface area contributed by atoms with E-state index in [0.29, 0.717) is 0 Å². The lowest BCUT2D eigenvalue weighted by atomic mass is 9.70. The molecule has 3 heteroatoms. The Morgan fingerprint density at radius 2 is 0.982 bits per heavy atom. The Hall–Kier alpha value is -6.84. The van der Waals surface area contributed by atoms with Gasteiger partial charge >= 0.3 is 0 Å². The summed E-state index contributed by atoms with van der Waals surface area (Å²) in [5, 5.41) is 0. The number of benzene rings is 8. The quantitative estimate of drug-likeness (QED) is 0.171. The van der Waals surface area contributed by atoms with E-state index in [1.165, 1.54) is 55.8 Å². The molecule has 0 radical (unpaired) electrons. The third kappa shape index (κ3) is 5.42. The van der Waals surface area contributed by atoms with E-state index in [4.69, 9.17) is 4.74 Å². The highest BCUT2D eigenvalue weighted by atomic mass is 16.5. The molecule has 0 atom stereocenters. The zero-order valence-electron chi connectivity index (χ0n) is 31.2. The van der Waals surface area contributed by atoms with E-state index in [1.54, 1.807) is 0 Å². The Labute approximate surface area is 323 Å². The number of hydrogen-bond donors (Lipinski definition) is 0. The lowest BCUT2D eigenvalue weighted by Crippen LogP contribution is -2.33. The summed E-state index contributed by atoms with van der Waals surface area (Å²) in [4.78, 5) is 4.82. The molecule has 0 fully saturated rings. The molecule has 0 spiro atoms. The van der Waals surface area contributed by atoms with Crippen LogP contribution in [0.5, 0.6) is 11.5 Å². The fourth-order valence-electron chi connectivity index (χ4n) is 8.70. The molecule has 0 unspecified atom stereocenters. The van der Waals surface area contributed by atoms with Gasteiger partial charge in [-0.3, -0.25) is 0 Å². The van der Waals surface area contributed by atoms with Crippen molar-refractivity contribution in [2.75, 3.05) is 9.80 Å². The van der Waals surface area contributed by atoms with Gasteiger partial charge in [0.1, 0.15) is 0 Å². The summed E-state index contributed by atoms with van der Waals surface area (Å²) in [5.41, 5.74) is 17.4. The van der Waals surface area contributed by atoms with Crippen molar-refractivity contribution in [1.82, 2.24) is 0 Å². The molecule has 0 N–H and O–H groups in total. The molecule has 0 saturated heterocycles. The van der Waals surface area contributed by atoms with Crippen LogP contribution in [0.15, 0.2) is 188 Å². The number of para-hydroxylation sites is 2. The first-order valence-electron chi connectivity index (χ1n) is 19.0. The summed E-state index contributed by atoms with van der Waals surface area (Å²) in [6.45, 7) is 6.89. The first kappa shape index (κ1) is 32.8. The number of ether oxygens (including phenoxy) is 1. The molecule has 8 aromatic rings. The Kier molecular flexibility index (Phi) is 7.71. The summed E-state index contributed by atoms with van der Waals surface area (Å²) < 4.78 is 6.57. The van der Waals surface area contributed by atoms with Gasteiger partial charge in [-0.2, -0.15) is 0 Å². The first-order valence-corrected chi connectivity index (χ1v) is 19.0. The van der Waals surface area contributed by atoms with E-state index in [9.17, 15) is 0 Å². The molecular formula is C52H40N2O. The van der Waals surface area contributed by atoms with Crippen LogP contribution in [0.3, 0.4) is 0 Å². The van der Waals surface area contributed by atoms with Gasteiger partial charge in [-0.05, 0) is 112 Å². The van der Waals surface area contributed by atoms with Crippen molar-refractivity contribution in [2.24, 2.45) is 0 Å². The smallest absolute Gasteiger partial charge is 0.151 e. The van der Waals surface area contributed by atoms with Crippen LogP contribution in [-0.2, 0) is 5.41 Å². The molecule has 2 heterocycles. The summed E-state index contributed by atoms with van der Waals surface area (Å²) in [7, 11) is 0. The summed E-state index contributed by atoms with van der Waals surface area (Å²) in [6, 6.07) is 67.7. The maximum absolute atomic E-state index is 6.57. The number of aryl methyl sites for hydroxylation is 1. The minimum absolute atomic E-state index is 0.298. The predicted molar refractivity (Wildman–Crippen MR) is 229 cm³/mol. The lowest BCUT2D eigenvalue weighted by molar-refractivity contribution is 0.471. The number of fused-ring (bicyclic) bond motifs is 4. The predicted octanol–water partition coefficient (Wildman–Crippen LogP) is 14.7. The monoisotopic (exact) mass is 708 g/mol. The van der Waals surface area contributed by atoms with Crippen molar-refractivity contribution in [2.45, 2.75) is 26.2 Å². The van der Waals surface area contributed by atoms with Gasteiger partial charge in [-0.25, -0.2) is 0 Å². The number of anilines is 6. The highest BCUT2D eigenvalue weighted by Gasteiger charge is 2.43. The highest BCUT2D eigenvalue weighted by Crippen LogP contribution is 2.61. The van der Waals surface area contributed by atoms with Crippen LogP contribution in [-0.4, -0.2) is 0 Å². The zero-order valence-corrected chi connectivity index (χ0v) is 31.2. The van der Waals surface area contributed by atoms with Crippen molar-refractivity contribution in [3.63, 3.8) is 0 Å². The summed E-state index contributed by atoms with van der Waals surface area (Å²) in [6.07, 6.45) is 0. The third-order valence-corrected chi connectivity index (χ3v) is 11.3. The molecule has 0 amide bonds. The van der Waals surface area contributed by atoms with Gasteiger partial charge in [0.2, 0.25) is 0 Å². The second-order valence-electron chi connectivity index (χ2n) is 15.0. The summed E-state index contributed by atoms with van der Waals surface area (Å²) >= 11 is 0. The average Bonchev–Trinajstić information content (AvgIpc) is 3.23. The minimum Gasteiger partial charge on any atom is -0.453 e. The van der Waals surface area contributed by atoms with E-state index < -0.39 is 0 Å². The van der Waals surface area contributed by atoms with Crippen LogP contribution in [0.25, 0.3) is 33.4 Å². The van der Waals surface area contributed by atoms with Crippen LogP contribution >= 0.6 is 0 Å². The van der Waals surface area contributed by atoms with E-state index in [-0.39, 0.29) is 5.41 Å². The molecule has 3 nitrogen and oxygen atoms in total. The third-order valence-electron chi connectivity index (χ3n) is 11.3. The normalized spacial score (nSPS) is 13.3. The molecular weight excluding hydrogens is 669 g/mol. The summed E-state index contributed by atoms with van der Waals surface area (Å²) in [5.74, 6) is 1.78. The second kappa shape index (κ2) is 12.9. The van der Waals surface area contributed by atoms with Gasteiger partial charge < -0.3 is 14.5 Å². The topological polar surface area (TPSA) is 15.7 Å². The Balaban J connectivity index is 1.12. The Bertz CT molecular complexity index is 2620. The van der Waals surface area contributed by atoms with Crippen LogP contribution < -0.4 is 14.5 Å². The van der Waals surface area contributed by atoms with Crippen LogP contribution in [0.4, 0.5) is 34.1 Å². The van der Waals surface area contributed by atoms with Crippen molar-refractivity contribution in [3.05, 3.63) is 205 Å². The Morgan fingerprint density at radius 3 is 1.62 bits per heavy atom. The van der Waals surface area contributed by atoms with Crippen molar-refractivity contribution < 1.29 is 4.74 Å². The SMILES string of the molecule is Cc1cccc2c1N1c3cccc(-c4cccc(N(c5ccc(-c6ccccc6)cc5)c5ccc(-c6ccccc6)cc5)c4)c3C(C)(C)c3cccc(c31)O2. The minimum atomic E-state index is -0.298.